The van der Waals surface area contributed by atoms with Gasteiger partial charge in [0.25, 0.3) is 0 Å². The van der Waals surface area contributed by atoms with Gasteiger partial charge in [0.15, 0.2) is 11.5 Å². The van der Waals surface area contributed by atoms with Gasteiger partial charge in [0, 0.05) is 59.4 Å². The summed E-state index contributed by atoms with van der Waals surface area (Å²) in [6, 6.07) is 9.38. The van der Waals surface area contributed by atoms with Gasteiger partial charge >= 0.3 is 0 Å². The second kappa shape index (κ2) is 16.2. The fourth-order valence-corrected chi connectivity index (χ4v) is 9.97. The van der Waals surface area contributed by atoms with E-state index in [9.17, 15) is 25.5 Å². The van der Waals surface area contributed by atoms with Gasteiger partial charge in [0.1, 0.15) is 18.3 Å². The van der Waals surface area contributed by atoms with Crippen LogP contribution < -0.4 is 15.8 Å². The van der Waals surface area contributed by atoms with Crippen molar-refractivity contribution in [2.75, 3.05) is 6.54 Å². The van der Waals surface area contributed by atoms with Crippen LogP contribution in [0.15, 0.2) is 84.4 Å². The number of aromatic nitrogens is 1. The van der Waals surface area contributed by atoms with Crippen LogP contribution in [0.25, 0.3) is 0 Å². The van der Waals surface area contributed by atoms with Gasteiger partial charge in [-0.3, -0.25) is 0 Å². The maximum atomic E-state index is 11.7. The first-order valence-corrected chi connectivity index (χ1v) is 19.8. The van der Waals surface area contributed by atoms with E-state index in [2.05, 4.69) is 47.3 Å². The number of aliphatic hydroxyl groups excluding tert-OH is 4. The lowest BCUT2D eigenvalue weighted by Gasteiger charge is -2.47. The zero-order valence-corrected chi connectivity index (χ0v) is 30.8. The van der Waals surface area contributed by atoms with Gasteiger partial charge in [-0.15, -0.1) is 0 Å². The number of dihydropyridines is 1. The fraction of sp³-hybridized carbons (Fsp3) is 0.545. The van der Waals surface area contributed by atoms with Gasteiger partial charge in [-0.25, -0.2) is 0 Å². The number of phenols is 1. The molecule has 0 bridgehead atoms. The molecule has 1 fully saturated rings. The number of fused-ring (bicyclic) bond motifs is 1. The minimum atomic E-state index is -1.27. The Morgan fingerprint density at radius 3 is 2.53 bits per heavy atom. The van der Waals surface area contributed by atoms with Crippen molar-refractivity contribution in [3.63, 3.8) is 0 Å². The van der Waals surface area contributed by atoms with Crippen LogP contribution in [-0.4, -0.2) is 67.6 Å². The molecule has 2 heterocycles. The molecule has 9 heteroatoms. The van der Waals surface area contributed by atoms with E-state index in [0.29, 0.717) is 31.1 Å². The number of phenolic OH excluding ortho intramolecular Hbond substituents is 1. The van der Waals surface area contributed by atoms with Crippen molar-refractivity contribution in [3.8, 4) is 23.3 Å². The van der Waals surface area contributed by atoms with E-state index in [1.54, 1.807) is 18.2 Å². The Morgan fingerprint density at radius 1 is 0.962 bits per heavy atom. The van der Waals surface area contributed by atoms with E-state index >= 15 is 0 Å². The van der Waals surface area contributed by atoms with Crippen LogP contribution in [0.3, 0.4) is 0 Å². The van der Waals surface area contributed by atoms with Crippen LogP contribution in [0.5, 0.6) is 11.5 Å². The highest BCUT2D eigenvalue weighted by atomic mass is 16.5. The molecule has 9 nitrogen and oxygen atoms in total. The highest BCUT2D eigenvalue weighted by Crippen LogP contribution is 2.54. The summed E-state index contributed by atoms with van der Waals surface area (Å²) in [5.41, 5.74) is 9.07. The third-order valence-electron chi connectivity index (χ3n) is 12.8. The Morgan fingerprint density at radius 2 is 1.77 bits per heavy atom. The van der Waals surface area contributed by atoms with Gasteiger partial charge in [-0.1, -0.05) is 80.9 Å². The maximum Gasteiger partial charge on any atom is 0.161 e. The Labute approximate surface area is 313 Å². The van der Waals surface area contributed by atoms with Crippen LogP contribution in [0.4, 0.5) is 0 Å². The van der Waals surface area contributed by atoms with Gasteiger partial charge in [0.05, 0.1) is 18.0 Å². The molecule has 1 aromatic heterocycles. The van der Waals surface area contributed by atoms with Crippen molar-refractivity contribution >= 4 is 0 Å². The largest absolute Gasteiger partial charge is 0.504 e. The number of nitrogens with one attached hydrogen (secondary N) is 2. The van der Waals surface area contributed by atoms with Gasteiger partial charge in [0.2, 0.25) is 0 Å². The minimum Gasteiger partial charge on any atom is -0.504 e. The topological polar surface area (TPSA) is 164 Å². The first-order valence-electron chi connectivity index (χ1n) is 19.8. The number of benzene rings is 1. The average Bonchev–Trinajstić information content (AvgIpc) is 3.84. The second-order valence-electron chi connectivity index (χ2n) is 16.0. The van der Waals surface area contributed by atoms with E-state index in [0.717, 1.165) is 68.2 Å². The lowest BCUT2D eigenvalue weighted by molar-refractivity contribution is -0.0666. The molecule has 1 aliphatic heterocycles. The van der Waals surface area contributed by atoms with Crippen LogP contribution in [-0.2, 0) is 5.41 Å². The van der Waals surface area contributed by atoms with Gasteiger partial charge < -0.3 is 46.3 Å². The summed E-state index contributed by atoms with van der Waals surface area (Å²) in [4.78, 5) is 3.51. The number of hydrogen-bond acceptors (Lipinski definition) is 8. The predicted octanol–water partition coefficient (Wildman–Crippen LogP) is 5.43. The normalized spacial score (nSPS) is 34.7. The van der Waals surface area contributed by atoms with Crippen molar-refractivity contribution in [2.24, 2.45) is 35.3 Å². The highest BCUT2D eigenvalue weighted by molar-refractivity contribution is 5.45. The molecule has 0 spiro atoms. The average molecular weight is 724 g/mol. The molecule has 2 aromatic rings. The highest BCUT2D eigenvalue weighted by Gasteiger charge is 2.52. The molecule has 9 N–H and O–H groups in total. The number of nitrogens with two attached hydrogens (primary N) is 1. The molecule has 1 aromatic carbocycles. The number of rotatable bonds is 8. The van der Waals surface area contributed by atoms with Gasteiger partial charge in [-0.05, 0) is 80.0 Å². The van der Waals surface area contributed by atoms with Crippen molar-refractivity contribution in [2.45, 2.75) is 113 Å². The molecule has 284 valence electrons. The van der Waals surface area contributed by atoms with E-state index in [1.165, 1.54) is 0 Å². The van der Waals surface area contributed by atoms with E-state index in [4.69, 9.17) is 10.5 Å². The summed E-state index contributed by atoms with van der Waals surface area (Å²) >= 11 is 0. The summed E-state index contributed by atoms with van der Waals surface area (Å²) in [5, 5.41) is 60.1. The third kappa shape index (κ3) is 7.70. The maximum absolute atomic E-state index is 11.7. The van der Waals surface area contributed by atoms with Crippen molar-refractivity contribution in [3.05, 3.63) is 95.6 Å². The SMILES string of the molecule is CC[C@@H]1C#C[C@@H]2C=C[C@H](c3ccc(O)c(O[C@H]4[C@H](O)[C@H](O)C=C[C@@H]4[C@H](C4=CCNC(N)=C4)C4(c5ccc[nH]5)CCCC4)c3)C[C@@H](O)[C@H]2[C@@H](O)CCCC1. The molecule has 7 rings (SSSR count). The molecule has 4 aliphatic carbocycles. The van der Waals surface area contributed by atoms with Crippen LogP contribution in [0, 0.1) is 41.4 Å². The lowest BCUT2D eigenvalue weighted by Crippen LogP contribution is -2.53. The molecule has 11 atom stereocenters. The zero-order valence-electron chi connectivity index (χ0n) is 30.8. The molecule has 0 unspecified atom stereocenters. The Hall–Kier alpha value is -3.94. The number of aliphatic hydroxyl groups is 4. The monoisotopic (exact) mass is 723 g/mol. The van der Waals surface area contributed by atoms with E-state index in [1.807, 2.05) is 36.6 Å². The van der Waals surface area contributed by atoms with Crippen LogP contribution in [0.2, 0.25) is 0 Å². The van der Waals surface area contributed by atoms with Crippen molar-refractivity contribution < 1.29 is 30.3 Å². The minimum absolute atomic E-state index is 0.0790. The van der Waals surface area contributed by atoms with Crippen LogP contribution in [0.1, 0.15) is 88.3 Å². The molecule has 0 amide bonds. The first kappa shape index (κ1) is 37.4. The number of H-pyrrole nitrogens is 1. The van der Waals surface area contributed by atoms with Gasteiger partial charge in [-0.2, -0.15) is 0 Å². The zero-order chi connectivity index (χ0) is 37.1. The van der Waals surface area contributed by atoms with E-state index in [-0.39, 0.29) is 40.6 Å². The Bertz CT molecular complexity index is 1750. The number of aromatic amines is 1. The smallest absolute Gasteiger partial charge is 0.161 e. The van der Waals surface area contributed by atoms with Crippen molar-refractivity contribution in [1.29, 1.82) is 0 Å². The standard InChI is InChI=1S/C44H57N3O6/c1-2-27-8-3-4-9-34(49)40-28(12-11-27)13-14-29(24-36(40)51)30-15-17-33(48)37(25-30)53-43-32(16-18-35(50)42(43)52)41(31-19-23-47-39(45)26-31)44(20-5-6-21-44)38-10-7-22-46-38/h7,10,13-19,22,25-29,32,34-36,40-43,46-52H,2-6,8-9,20-21,23-24,45H2,1H3/t27-,28+,29-,32+,34-,35+,36+,40+,41-,42+,43+/m0/s1. The lowest BCUT2D eigenvalue weighted by atomic mass is 9.60. The summed E-state index contributed by atoms with van der Waals surface area (Å²) in [7, 11) is 0. The first-order chi connectivity index (χ1) is 25.7. The van der Waals surface area contributed by atoms with Crippen LogP contribution >= 0.6 is 0 Å². The summed E-state index contributed by atoms with van der Waals surface area (Å²) in [6.07, 6.45) is 18.0. The molecule has 53 heavy (non-hydrogen) atoms. The number of ether oxygens (including phenoxy) is 1. The van der Waals surface area contributed by atoms with E-state index < -0.39 is 36.4 Å². The molecule has 0 radical (unpaired) electrons. The summed E-state index contributed by atoms with van der Waals surface area (Å²) in [5.74, 6) is 6.44. The third-order valence-corrected chi connectivity index (χ3v) is 12.8. The number of aromatic hydroxyl groups is 1. The molecule has 5 aliphatic rings. The molecular weight excluding hydrogens is 666 g/mol. The Kier molecular flexibility index (Phi) is 11.4. The predicted molar refractivity (Wildman–Crippen MR) is 205 cm³/mol. The molecule has 1 saturated carbocycles. The summed E-state index contributed by atoms with van der Waals surface area (Å²) < 4.78 is 6.72. The number of allylic oxidation sites excluding steroid dienone is 4. The van der Waals surface area contributed by atoms with Crippen molar-refractivity contribution in [1.82, 2.24) is 10.3 Å². The number of hydrogen-bond donors (Lipinski definition) is 8. The fourth-order valence-electron chi connectivity index (χ4n) is 9.97. The second-order valence-corrected chi connectivity index (χ2v) is 16.0. The quantitative estimate of drug-likeness (QED) is 0.132. The molecular formula is C44H57N3O6. The Balaban J connectivity index is 1.23. The molecule has 0 saturated heterocycles. The summed E-state index contributed by atoms with van der Waals surface area (Å²) in [6.45, 7) is 2.74.